The minimum atomic E-state index is -0.364. The highest BCUT2D eigenvalue weighted by molar-refractivity contribution is 6.42. The average molecular weight is 496 g/mol. The van der Waals surface area contributed by atoms with Crippen LogP contribution in [-0.4, -0.2) is 24.9 Å². The number of unbranched alkanes of at least 4 members (excludes halogenated alkanes) is 2. The lowest BCUT2D eigenvalue weighted by molar-refractivity contribution is -0.116. The molecule has 0 aliphatic heterocycles. The van der Waals surface area contributed by atoms with Gasteiger partial charge in [-0.25, -0.2) is 0 Å². The van der Waals surface area contributed by atoms with Crippen molar-refractivity contribution in [2.45, 2.75) is 19.3 Å². The number of benzene rings is 2. The molecule has 0 fully saturated rings. The molecule has 0 spiro atoms. The van der Waals surface area contributed by atoms with Gasteiger partial charge in [-0.1, -0.05) is 58.2 Å². The molecule has 2 amide bonds. The van der Waals surface area contributed by atoms with Crippen LogP contribution in [0.2, 0.25) is 20.1 Å². The molecule has 8 heteroatoms. The number of nitrogens with one attached hydrogen (secondary N) is 2. The third-order valence-corrected chi connectivity index (χ3v) is 5.38. The zero-order valence-corrected chi connectivity index (χ0v) is 19.4. The molecule has 4 nitrogen and oxygen atoms in total. The van der Waals surface area contributed by atoms with Gasteiger partial charge in [-0.2, -0.15) is 0 Å². The Balaban J connectivity index is 1.59. The van der Waals surface area contributed by atoms with Gasteiger partial charge in [-0.3, -0.25) is 9.59 Å². The van der Waals surface area contributed by atoms with E-state index >= 15 is 0 Å². The minimum absolute atomic E-state index is 0.364. The van der Waals surface area contributed by atoms with Crippen LogP contribution in [0, 0.1) is 23.7 Å². The largest absolute Gasteiger partial charge is 0.345 e. The Bertz CT molecular complexity index is 993. The molecule has 2 rings (SSSR count). The first kappa shape index (κ1) is 24.9. The van der Waals surface area contributed by atoms with E-state index < -0.39 is 0 Å². The van der Waals surface area contributed by atoms with Crippen LogP contribution in [0.3, 0.4) is 0 Å². The van der Waals surface area contributed by atoms with Crippen LogP contribution in [0.25, 0.3) is 0 Å². The predicted molar refractivity (Wildman–Crippen MR) is 127 cm³/mol. The van der Waals surface area contributed by atoms with Gasteiger partial charge in [0.1, 0.15) is 0 Å². The summed E-state index contributed by atoms with van der Waals surface area (Å²) in [6, 6.07) is 9.85. The molecular weight excluding hydrogens is 478 g/mol. The molecule has 160 valence electrons. The second-order valence-corrected chi connectivity index (χ2v) is 7.96. The maximum absolute atomic E-state index is 11.7. The summed E-state index contributed by atoms with van der Waals surface area (Å²) in [6.07, 6.45) is 2.37. The van der Waals surface area contributed by atoms with E-state index in [-0.39, 0.29) is 11.8 Å². The van der Waals surface area contributed by atoms with Gasteiger partial charge in [-0.15, -0.1) is 0 Å². The summed E-state index contributed by atoms with van der Waals surface area (Å²) in [5.41, 5.74) is 1.23. The van der Waals surface area contributed by atoms with E-state index in [1.54, 1.807) is 36.4 Å². The second kappa shape index (κ2) is 13.2. The third kappa shape index (κ3) is 9.55. The lowest BCUT2D eigenvalue weighted by Gasteiger charge is -2.02. The first-order chi connectivity index (χ1) is 14.8. The van der Waals surface area contributed by atoms with Gasteiger partial charge >= 0.3 is 0 Å². The predicted octanol–water partition coefficient (Wildman–Crippen LogP) is 5.11. The van der Waals surface area contributed by atoms with E-state index in [0.717, 1.165) is 19.3 Å². The smallest absolute Gasteiger partial charge is 0.296 e. The van der Waals surface area contributed by atoms with Crippen LogP contribution < -0.4 is 10.6 Å². The number of rotatable bonds is 6. The maximum atomic E-state index is 11.7. The van der Waals surface area contributed by atoms with E-state index in [1.807, 2.05) is 0 Å². The average Bonchev–Trinajstić information content (AvgIpc) is 2.74. The molecule has 0 aliphatic carbocycles. The molecule has 0 heterocycles. The number of hydrogen-bond donors (Lipinski definition) is 2. The molecule has 31 heavy (non-hydrogen) atoms. The molecular formula is C23H18Cl4N2O2. The quantitative estimate of drug-likeness (QED) is 0.432. The molecule has 0 saturated heterocycles. The summed E-state index contributed by atoms with van der Waals surface area (Å²) < 4.78 is 0. The molecule has 0 bridgehead atoms. The fourth-order valence-corrected chi connectivity index (χ4v) is 2.92. The van der Waals surface area contributed by atoms with Crippen molar-refractivity contribution >= 4 is 58.2 Å². The highest BCUT2D eigenvalue weighted by atomic mass is 35.5. The fraction of sp³-hybridized carbons (Fsp3) is 0.217. The van der Waals surface area contributed by atoms with Crippen molar-refractivity contribution in [2.24, 2.45) is 0 Å². The molecule has 0 atom stereocenters. The van der Waals surface area contributed by atoms with Crippen molar-refractivity contribution < 1.29 is 9.59 Å². The van der Waals surface area contributed by atoms with Gasteiger partial charge < -0.3 is 10.6 Å². The fourth-order valence-electron chi connectivity index (χ4n) is 2.32. The van der Waals surface area contributed by atoms with Crippen LogP contribution in [0.4, 0.5) is 0 Å². The van der Waals surface area contributed by atoms with Crippen LogP contribution in [0.15, 0.2) is 36.4 Å². The Labute approximate surface area is 201 Å². The Morgan fingerprint density at radius 1 is 0.645 bits per heavy atom. The van der Waals surface area contributed by atoms with Crippen molar-refractivity contribution in [2.75, 3.05) is 13.1 Å². The van der Waals surface area contributed by atoms with Gasteiger partial charge in [0.25, 0.3) is 11.8 Å². The summed E-state index contributed by atoms with van der Waals surface area (Å²) in [6.45, 7) is 1.000. The lowest BCUT2D eigenvalue weighted by atomic mass is 10.2. The van der Waals surface area contributed by atoms with Crippen LogP contribution in [-0.2, 0) is 9.59 Å². The Kier molecular flexibility index (Phi) is 10.6. The summed E-state index contributed by atoms with van der Waals surface area (Å²) in [4.78, 5) is 23.5. The number of carbonyl (C=O) groups is 2. The van der Waals surface area contributed by atoms with E-state index in [4.69, 9.17) is 46.4 Å². The SMILES string of the molecule is O=C(C#Cc1ccc(Cl)c(Cl)c1)NCCCCCNC(=O)C#Cc1ccc(Cl)c(Cl)c1. The Morgan fingerprint density at radius 2 is 1.06 bits per heavy atom. The Hall–Kier alpha value is -2.34. The topological polar surface area (TPSA) is 58.2 Å². The van der Waals surface area contributed by atoms with Gasteiger partial charge in [0.05, 0.1) is 20.1 Å². The normalized spacial score (nSPS) is 9.68. The van der Waals surface area contributed by atoms with Crippen LogP contribution in [0.1, 0.15) is 30.4 Å². The number of carbonyl (C=O) groups excluding carboxylic acids is 2. The second-order valence-electron chi connectivity index (χ2n) is 6.33. The lowest BCUT2D eigenvalue weighted by Crippen LogP contribution is -2.24. The first-order valence-electron chi connectivity index (χ1n) is 9.35. The van der Waals surface area contributed by atoms with Gasteiger partial charge in [0, 0.05) is 36.1 Å². The van der Waals surface area contributed by atoms with E-state index in [1.165, 1.54) is 0 Å². The highest BCUT2D eigenvalue weighted by Crippen LogP contribution is 2.22. The van der Waals surface area contributed by atoms with Crippen LogP contribution >= 0.6 is 46.4 Å². The van der Waals surface area contributed by atoms with E-state index in [0.29, 0.717) is 44.3 Å². The zero-order chi connectivity index (χ0) is 22.6. The molecule has 0 saturated carbocycles. The van der Waals surface area contributed by atoms with Crippen LogP contribution in [0.5, 0.6) is 0 Å². The van der Waals surface area contributed by atoms with Crippen molar-refractivity contribution in [1.82, 2.24) is 10.6 Å². The maximum Gasteiger partial charge on any atom is 0.296 e. The number of halogens is 4. The Morgan fingerprint density at radius 3 is 1.45 bits per heavy atom. The molecule has 2 aromatic rings. The molecule has 2 aromatic carbocycles. The molecule has 2 N–H and O–H groups in total. The summed E-state index contributed by atoms with van der Waals surface area (Å²) >= 11 is 23.5. The highest BCUT2D eigenvalue weighted by Gasteiger charge is 2.00. The monoisotopic (exact) mass is 494 g/mol. The molecule has 0 aliphatic rings. The first-order valence-corrected chi connectivity index (χ1v) is 10.9. The van der Waals surface area contributed by atoms with Crippen molar-refractivity contribution in [3.05, 3.63) is 67.6 Å². The standard InChI is InChI=1S/C23H18Cl4N2O2/c24-18-8-4-16(14-20(18)26)6-10-22(30)28-12-2-1-3-13-29-23(31)11-7-17-5-9-19(25)21(27)15-17/h4-5,8-9,14-15H,1-3,12-13H2,(H,28,30)(H,29,31). The zero-order valence-electron chi connectivity index (χ0n) is 16.3. The summed E-state index contributed by atoms with van der Waals surface area (Å²) in [7, 11) is 0. The number of hydrogen-bond acceptors (Lipinski definition) is 2. The third-order valence-electron chi connectivity index (χ3n) is 3.90. The van der Waals surface area contributed by atoms with E-state index in [9.17, 15) is 9.59 Å². The van der Waals surface area contributed by atoms with Gasteiger partial charge in [-0.05, 0) is 55.7 Å². The molecule has 0 aromatic heterocycles. The number of amides is 2. The summed E-state index contributed by atoms with van der Waals surface area (Å²) in [5, 5.41) is 7.10. The van der Waals surface area contributed by atoms with Crippen molar-refractivity contribution in [3.8, 4) is 23.7 Å². The van der Waals surface area contributed by atoms with E-state index in [2.05, 4.69) is 34.3 Å². The molecule has 0 unspecified atom stereocenters. The summed E-state index contributed by atoms with van der Waals surface area (Å²) in [5.74, 6) is 9.76. The van der Waals surface area contributed by atoms with Gasteiger partial charge in [0.15, 0.2) is 0 Å². The van der Waals surface area contributed by atoms with Gasteiger partial charge in [0.2, 0.25) is 0 Å². The minimum Gasteiger partial charge on any atom is -0.345 e. The van der Waals surface area contributed by atoms with Crippen molar-refractivity contribution in [1.29, 1.82) is 0 Å². The van der Waals surface area contributed by atoms with Crippen molar-refractivity contribution in [3.63, 3.8) is 0 Å². The molecule has 0 radical (unpaired) electrons.